The van der Waals surface area contributed by atoms with Gasteiger partial charge in [0.15, 0.2) is 5.96 Å². The Kier molecular flexibility index (Phi) is 4.81. The summed E-state index contributed by atoms with van der Waals surface area (Å²) in [5.41, 5.74) is 4.95. The molecule has 5 nitrogen and oxygen atoms in total. The van der Waals surface area contributed by atoms with Crippen molar-refractivity contribution >= 4 is 11.6 Å². The first-order valence-electron chi connectivity index (χ1n) is 8.49. The number of hydrogen-bond donors (Lipinski definition) is 4. The fourth-order valence-electron chi connectivity index (χ4n) is 3.86. The number of rotatable bonds is 5. The van der Waals surface area contributed by atoms with Gasteiger partial charge in [0.25, 0.3) is 0 Å². The predicted molar refractivity (Wildman–Crippen MR) is 92.2 cm³/mol. The molecule has 1 aromatic carbocycles. The minimum absolute atomic E-state index is 0.0424. The van der Waals surface area contributed by atoms with Gasteiger partial charge in [-0.1, -0.05) is 18.2 Å². The zero-order chi connectivity index (χ0) is 18.1. The van der Waals surface area contributed by atoms with Gasteiger partial charge in [-0.2, -0.15) is 13.2 Å². The second kappa shape index (κ2) is 6.74. The number of para-hydroxylation sites is 1. The lowest BCUT2D eigenvalue weighted by molar-refractivity contribution is -0.143. The van der Waals surface area contributed by atoms with Crippen molar-refractivity contribution in [3.63, 3.8) is 0 Å². The van der Waals surface area contributed by atoms with Crippen molar-refractivity contribution < 1.29 is 13.2 Å². The van der Waals surface area contributed by atoms with E-state index in [1.165, 1.54) is 6.92 Å². The van der Waals surface area contributed by atoms with E-state index in [1.54, 1.807) is 30.3 Å². The van der Waals surface area contributed by atoms with Gasteiger partial charge >= 0.3 is 6.18 Å². The Morgan fingerprint density at radius 2 is 2.00 bits per heavy atom. The van der Waals surface area contributed by atoms with E-state index in [-0.39, 0.29) is 12.0 Å². The molecule has 0 radical (unpaired) electrons. The summed E-state index contributed by atoms with van der Waals surface area (Å²) in [6.45, 7) is 2.32. The minimum Gasteiger partial charge on any atom is -0.370 e. The fourth-order valence-corrected chi connectivity index (χ4v) is 3.86. The van der Waals surface area contributed by atoms with Crippen LogP contribution in [0.2, 0.25) is 0 Å². The summed E-state index contributed by atoms with van der Waals surface area (Å²) in [4.78, 5) is 4.17. The maximum Gasteiger partial charge on any atom is 0.393 e. The molecule has 3 rings (SSSR count). The maximum absolute atomic E-state index is 13.1. The number of anilines is 1. The van der Waals surface area contributed by atoms with Gasteiger partial charge in [0.05, 0.1) is 6.42 Å². The molecule has 138 valence electrons. The van der Waals surface area contributed by atoms with Crippen molar-refractivity contribution in [2.75, 3.05) is 11.9 Å². The van der Waals surface area contributed by atoms with E-state index in [9.17, 15) is 13.2 Å². The normalized spacial score (nSPS) is 28.6. The molecule has 2 bridgehead atoms. The summed E-state index contributed by atoms with van der Waals surface area (Å²) in [6.07, 6.45) is -3.33. The second-order valence-corrected chi connectivity index (χ2v) is 7.08. The molecule has 25 heavy (non-hydrogen) atoms. The number of hydrogen-bond acceptors (Lipinski definition) is 3. The van der Waals surface area contributed by atoms with Gasteiger partial charge in [0.1, 0.15) is 5.66 Å². The molecule has 1 saturated heterocycles. The van der Waals surface area contributed by atoms with Gasteiger partial charge in [-0.05, 0) is 37.8 Å². The van der Waals surface area contributed by atoms with E-state index in [0.29, 0.717) is 17.6 Å². The van der Waals surface area contributed by atoms with Gasteiger partial charge in [-0.25, -0.2) is 4.99 Å². The molecule has 1 aliphatic heterocycles. The molecule has 0 aromatic heterocycles. The van der Waals surface area contributed by atoms with Gasteiger partial charge in [0, 0.05) is 24.3 Å². The lowest BCUT2D eigenvalue weighted by Crippen LogP contribution is -2.48. The first-order valence-corrected chi connectivity index (χ1v) is 8.49. The molecule has 2 fully saturated rings. The number of aliphatic imine (C=N–C) groups is 1. The molecule has 1 heterocycles. The highest BCUT2D eigenvalue weighted by molar-refractivity contribution is 5.79. The Hall–Kier alpha value is -1.96. The SMILES string of the molecule is CC(CC(F)(F)F)(/N=C(\N)NC1C2CCC1NC2)Nc1ccccc1. The van der Waals surface area contributed by atoms with Gasteiger partial charge in [-0.3, -0.25) is 0 Å². The Bertz CT molecular complexity index is 598. The number of piperidine rings is 1. The van der Waals surface area contributed by atoms with Crippen LogP contribution in [0.5, 0.6) is 0 Å². The number of halogens is 3. The third-order valence-electron chi connectivity index (χ3n) is 4.85. The van der Waals surface area contributed by atoms with Crippen LogP contribution in [0.4, 0.5) is 18.9 Å². The lowest BCUT2D eigenvalue weighted by atomic mass is 10.1. The Labute approximate surface area is 145 Å². The van der Waals surface area contributed by atoms with Crippen LogP contribution in [0.3, 0.4) is 0 Å². The van der Waals surface area contributed by atoms with Crippen LogP contribution < -0.4 is 21.7 Å². The smallest absolute Gasteiger partial charge is 0.370 e. The molecule has 5 N–H and O–H groups in total. The Morgan fingerprint density at radius 1 is 1.28 bits per heavy atom. The minimum atomic E-state index is -4.37. The zero-order valence-electron chi connectivity index (χ0n) is 14.1. The summed E-state index contributed by atoms with van der Waals surface area (Å²) in [5, 5.41) is 9.37. The fraction of sp³-hybridized carbons (Fsp3) is 0.588. The summed E-state index contributed by atoms with van der Waals surface area (Å²) in [7, 11) is 0. The molecule has 0 spiro atoms. The lowest BCUT2D eigenvalue weighted by Gasteiger charge is -2.30. The van der Waals surface area contributed by atoms with E-state index in [4.69, 9.17) is 5.73 Å². The average molecular weight is 355 g/mol. The molecule has 8 heteroatoms. The van der Waals surface area contributed by atoms with Crippen LogP contribution in [-0.2, 0) is 0 Å². The van der Waals surface area contributed by atoms with E-state index in [0.717, 1.165) is 19.4 Å². The van der Waals surface area contributed by atoms with Gasteiger partial charge in [0.2, 0.25) is 0 Å². The third kappa shape index (κ3) is 4.56. The number of alkyl halides is 3. The van der Waals surface area contributed by atoms with Crippen molar-refractivity contribution in [3.8, 4) is 0 Å². The molecular formula is C17H24F3N5. The van der Waals surface area contributed by atoms with Crippen molar-refractivity contribution in [2.24, 2.45) is 16.6 Å². The first kappa shape index (κ1) is 17.8. The molecule has 2 aliphatic rings. The van der Waals surface area contributed by atoms with Crippen molar-refractivity contribution in [1.29, 1.82) is 0 Å². The number of nitrogens with one attached hydrogen (secondary N) is 3. The van der Waals surface area contributed by atoms with Crippen LogP contribution in [-0.4, -0.2) is 36.4 Å². The molecule has 4 unspecified atom stereocenters. The summed E-state index contributed by atoms with van der Waals surface area (Å²) >= 11 is 0. The molecule has 0 amide bonds. The van der Waals surface area contributed by atoms with E-state index < -0.39 is 18.3 Å². The Balaban J connectivity index is 1.76. The van der Waals surface area contributed by atoms with E-state index in [1.807, 2.05) is 0 Å². The molecule has 4 atom stereocenters. The number of nitrogens with two attached hydrogens (primary N) is 1. The van der Waals surface area contributed by atoms with Crippen LogP contribution in [0.1, 0.15) is 26.2 Å². The summed E-state index contributed by atoms with van der Waals surface area (Å²) < 4.78 is 39.2. The van der Waals surface area contributed by atoms with Crippen LogP contribution >= 0.6 is 0 Å². The quantitative estimate of drug-likeness (QED) is 0.483. The molecule has 1 saturated carbocycles. The number of benzene rings is 1. The van der Waals surface area contributed by atoms with Crippen molar-refractivity contribution in [1.82, 2.24) is 10.6 Å². The Morgan fingerprint density at radius 3 is 2.52 bits per heavy atom. The molecular weight excluding hydrogens is 331 g/mol. The largest absolute Gasteiger partial charge is 0.393 e. The highest BCUT2D eigenvalue weighted by Gasteiger charge is 2.43. The topological polar surface area (TPSA) is 74.5 Å². The zero-order valence-corrected chi connectivity index (χ0v) is 14.1. The van der Waals surface area contributed by atoms with Crippen molar-refractivity contribution in [2.45, 2.75) is 50.1 Å². The first-order chi connectivity index (χ1) is 11.7. The summed E-state index contributed by atoms with van der Waals surface area (Å²) in [6, 6.07) is 9.16. The van der Waals surface area contributed by atoms with E-state index >= 15 is 0 Å². The highest BCUT2D eigenvalue weighted by atomic mass is 19.4. The van der Waals surface area contributed by atoms with Gasteiger partial charge in [-0.15, -0.1) is 0 Å². The van der Waals surface area contributed by atoms with Crippen LogP contribution in [0.15, 0.2) is 35.3 Å². The van der Waals surface area contributed by atoms with Crippen LogP contribution in [0, 0.1) is 5.92 Å². The summed E-state index contributed by atoms with van der Waals surface area (Å²) in [5.74, 6) is 0.496. The van der Waals surface area contributed by atoms with Crippen molar-refractivity contribution in [3.05, 3.63) is 30.3 Å². The standard InChI is InChI=1S/C17H24F3N5/c1-16(10-17(18,19)20,24-12-5-3-2-4-6-12)25-15(21)23-14-11-7-8-13(14)22-9-11/h2-6,11,13-14,22,24H,7-10H2,1H3,(H3,21,23,25). The van der Waals surface area contributed by atoms with Crippen LogP contribution in [0.25, 0.3) is 0 Å². The highest BCUT2D eigenvalue weighted by Crippen LogP contribution is 2.33. The second-order valence-electron chi connectivity index (χ2n) is 7.08. The average Bonchev–Trinajstić information content (AvgIpc) is 3.05. The van der Waals surface area contributed by atoms with E-state index in [2.05, 4.69) is 20.9 Å². The molecule has 1 aromatic rings. The maximum atomic E-state index is 13.1. The predicted octanol–water partition coefficient (Wildman–Crippen LogP) is 2.42. The molecule has 1 aliphatic carbocycles. The number of guanidine groups is 1. The monoisotopic (exact) mass is 355 g/mol. The third-order valence-corrected chi connectivity index (χ3v) is 4.85. The number of nitrogens with zero attached hydrogens (tertiary/aromatic N) is 1. The van der Waals surface area contributed by atoms with Gasteiger partial charge < -0.3 is 21.7 Å². The number of fused-ring (bicyclic) bond motifs is 2.